The van der Waals surface area contributed by atoms with E-state index < -0.39 is 0 Å². The lowest BCUT2D eigenvalue weighted by Crippen LogP contribution is -2.27. The van der Waals surface area contributed by atoms with E-state index in [1.807, 2.05) is 48.5 Å². The highest BCUT2D eigenvalue weighted by Crippen LogP contribution is 2.35. The summed E-state index contributed by atoms with van der Waals surface area (Å²) in [6.07, 6.45) is 1.26. The molecule has 4 heteroatoms. The first-order valence-electron chi connectivity index (χ1n) is 7.87. The van der Waals surface area contributed by atoms with Crippen LogP contribution in [0.2, 0.25) is 0 Å². The molecule has 1 heterocycles. The average molecular weight is 311 g/mol. The molecule has 4 nitrogen and oxygen atoms in total. The fraction of sp³-hybridized carbons (Fsp3) is 0.316. The van der Waals surface area contributed by atoms with Crippen molar-refractivity contribution in [1.29, 1.82) is 0 Å². The van der Waals surface area contributed by atoms with Crippen molar-refractivity contribution in [3.63, 3.8) is 0 Å². The third-order valence-corrected chi connectivity index (χ3v) is 4.10. The minimum atomic E-state index is 0.0678. The van der Waals surface area contributed by atoms with E-state index >= 15 is 0 Å². The van der Waals surface area contributed by atoms with E-state index in [2.05, 4.69) is 5.32 Å². The van der Waals surface area contributed by atoms with Crippen LogP contribution in [0.4, 0.5) is 0 Å². The van der Waals surface area contributed by atoms with E-state index in [1.165, 1.54) is 0 Å². The van der Waals surface area contributed by atoms with Gasteiger partial charge in [-0.25, -0.2) is 0 Å². The van der Waals surface area contributed by atoms with Gasteiger partial charge in [-0.3, -0.25) is 4.79 Å². The Morgan fingerprint density at radius 1 is 1.26 bits per heavy atom. The highest BCUT2D eigenvalue weighted by Gasteiger charge is 2.25. The summed E-state index contributed by atoms with van der Waals surface area (Å²) >= 11 is 0. The molecular formula is C19H21NO3. The molecule has 2 aromatic rings. The molecule has 1 unspecified atom stereocenters. The largest absolute Gasteiger partial charge is 0.497 e. The zero-order valence-electron chi connectivity index (χ0n) is 13.2. The van der Waals surface area contributed by atoms with E-state index in [-0.39, 0.29) is 11.8 Å². The van der Waals surface area contributed by atoms with Crippen LogP contribution >= 0.6 is 0 Å². The van der Waals surface area contributed by atoms with Gasteiger partial charge in [0.05, 0.1) is 13.7 Å². The summed E-state index contributed by atoms with van der Waals surface area (Å²) in [5.41, 5.74) is 2.29. The molecule has 0 aromatic heterocycles. The number of carbonyl (C=O) groups is 1. The van der Waals surface area contributed by atoms with Crippen molar-refractivity contribution in [1.82, 2.24) is 5.32 Å². The number of para-hydroxylation sites is 1. The fourth-order valence-electron chi connectivity index (χ4n) is 2.87. The van der Waals surface area contributed by atoms with Gasteiger partial charge in [-0.15, -0.1) is 0 Å². The maximum absolute atomic E-state index is 12.1. The Bertz CT molecular complexity index is 684. The van der Waals surface area contributed by atoms with Crippen LogP contribution in [-0.4, -0.2) is 26.2 Å². The van der Waals surface area contributed by atoms with Gasteiger partial charge in [0.25, 0.3) is 0 Å². The predicted molar refractivity (Wildman–Crippen MR) is 89.0 cm³/mol. The number of amides is 1. The first-order valence-corrected chi connectivity index (χ1v) is 7.87. The molecule has 3 rings (SSSR count). The van der Waals surface area contributed by atoms with E-state index in [1.54, 1.807) is 7.11 Å². The molecule has 1 N–H and O–H groups in total. The second-order valence-electron chi connectivity index (χ2n) is 5.70. The van der Waals surface area contributed by atoms with Crippen molar-refractivity contribution in [3.8, 4) is 11.5 Å². The Kier molecular flexibility index (Phi) is 4.81. The van der Waals surface area contributed by atoms with Gasteiger partial charge < -0.3 is 14.8 Å². The molecule has 0 aliphatic carbocycles. The minimum absolute atomic E-state index is 0.0678. The van der Waals surface area contributed by atoms with Gasteiger partial charge in [-0.05, 0) is 30.2 Å². The normalized spacial score (nSPS) is 15.6. The molecule has 0 saturated heterocycles. The second-order valence-corrected chi connectivity index (χ2v) is 5.70. The summed E-state index contributed by atoms with van der Waals surface area (Å²) in [6.45, 7) is 1.21. The van der Waals surface area contributed by atoms with Crippen molar-refractivity contribution in [2.24, 2.45) is 0 Å². The SMILES string of the molecule is COc1cccc(CCNC(=O)CC2COc3ccccc32)c1. The van der Waals surface area contributed by atoms with E-state index in [4.69, 9.17) is 9.47 Å². The number of hydrogen-bond donors (Lipinski definition) is 1. The predicted octanol–water partition coefficient (Wildman–Crippen LogP) is 2.92. The molecule has 1 atom stereocenters. The maximum Gasteiger partial charge on any atom is 0.220 e. The molecule has 0 spiro atoms. The number of ether oxygens (including phenoxy) is 2. The third-order valence-electron chi connectivity index (χ3n) is 4.10. The molecule has 120 valence electrons. The molecule has 1 aliphatic heterocycles. The van der Waals surface area contributed by atoms with Gasteiger partial charge in [0.15, 0.2) is 0 Å². The van der Waals surface area contributed by atoms with Gasteiger partial charge in [0.1, 0.15) is 11.5 Å². The van der Waals surface area contributed by atoms with Crippen LogP contribution in [0.3, 0.4) is 0 Å². The van der Waals surface area contributed by atoms with Gasteiger partial charge in [-0.1, -0.05) is 30.3 Å². The highest BCUT2D eigenvalue weighted by atomic mass is 16.5. The number of rotatable bonds is 6. The van der Waals surface area contributed by atoms with E-state index in [0.717, 1.165) is 29.0 Å². The standard InChI is InChI=1S/C19H21NO3/c1-22-16-6-4-5-14(11-16)9-10-20-19(21)12-15-13-23-18-8-3-2-7-17(15)18/h2-8,11,15H,9-10,12-13H2,1H3,(H,20,21). The van der Waals surface area contributed by atoms with Crippen LogP contribution in [0.15, 0.2) is 48.5 Å². The van der Waals surface area contributed by atoms with Crippen molar-refractivity contribution in [2.45, 2.75) is 18.8 Å². The van der Waals surface area contributed by atoms with Gasteiger partial charge >= 0.3 is 0 Å². The number of methoxy groups -OCH3 is 1. The highest BCUT2D eigenvalue weighted by molar-refractivity contribution is 5.77. The van der Waals surface area contributed by atoms with E-state index in [9.17, 15) is 4.79 Å². The molecular weight excluding hydrogens is 290 g/mol. The lowest BCUT2D eigenvalue weighted by atomic mass is 9.97. The molecule has 0 bridgehead atoms. The van der Waals surface area contributed by atoms with Crippen LogP contribution < -0.4 is 14.8 Å². The number of nitrogens with one attached hydrogen (secondary N) is 1. The molecule has 0 radical (unpaired) electrons. The van der Waals surface area contributed by atoms with Crippen molar-refractivity contribution >= 4 is 5.91 Å². The maximum atomic E-state index is 12.1. The van der Waals surface area contributed by atoms with Crippen LogP contribution in [0, 0.1) is 0 Å². The lowest BCUT2D eigenvalue weighted by Gasteiger charge is -2.10. The lowest BCUT2D eigenvalue weighted by molar-refractivity contribution is -0.121. The smallest absolute Gasteiger partial charge is 0.220 e. The third kappa shape index (κ3) is 3.83. The van der Waals surface area contributed by atoms with Crippen molar-refractivity contribution in [3.05, 3.63) is 59.7 Å². The summed E-state index contributed by atoms with van der Waals surface area (Å²) in [5.74, 6) is 1.97. The average Bonchev–Trinajstić information content (AvgIpc) is 2.98. The Morgan fingerprint density at radius 2 is 2.13 bits per heavy atom. The first-order chi connectivity index (χ1) is 11.3. The zero-order valence-corrected chi connectivity index (χ0v) is 13.2. The summed E-state index contributed by atoms with van der Waals surface area (Å²) in [4.78, 5) is 12.1. The van der Waals surface area contributed by atoms with Crippen LogP contribution in [0.5, 0.6) is 11.5 Å². The molecule has 0 fully saturated rings. The van der Waals surface area contributed by atoms with Crippen molar-refractivity contribution in [2.75, 3.05) is 20.3 Å². The molecule has 1 amide bonds. The summed E-state index contributed by atoms with van der Waals surface area (Å²) < 4.78 is 10.8. The molecule has 23 heavy (non-hydrogen) atoms. The Morgan fingerprint density at radius 3 is 3.00 bits per heavy atom. The van der Waals surface area contributed by atoms with Crippen LogP contribution in [-0.2, 0) is 11.2 Å². The van der Waals surface area contributed by atoms with Gasteiger partial charge in [0.2, 0.25) is 5.91 Å². The summed E-state index contributed by atoms with van der Waals surface area (Å²) in [6, 6.07) is 15.8. The Hall–Kier alpha value is -2.49. The second kappa shape index (κ2) is 7.18. The summed E-state index contributed by atoms with van der Waals surface area (Å²) in [7, 11) is 1.66. The first kappa shape index (κ1) is 15.4. The van der Waals surface area contributed by atoms with Crippen LogP contribution in [0.1, 0.15) is 23.5 Å². The summed E-state index contributed by atoms with van der Waals surface area (Å²) in [5, 5.41) is 2.99. The topological polar surface area (TPSA) is 47.6 Å². The Balaban J connectivity index is 1.47. The van der Waals surface area contributed by atoms with Crippen LogP contribution in [0.25, 0.3) is 0 Å². The number of hydrogen-bond acceptors (Lipinski definition) is 3. The van der Waals surface area contributed by atoms with E-state index in [0.29, 0.717) is 19.6 Å². The van der Waals surface area contributed by atoms with Gasteiger partial charge in [-0.2, -0.15) is 0 Å². The minimum Gasteiger partial charge on any atom is -0.497 e. The van der Waals surface area contributed by atoms with Crippen molar-refractivity contribution < 1.29 is 14.3 Å². The van der Waals surface area contributed by atoms with Gasteiger partial charge in [0, 0.05) is 24.4 Å². The number of fused-ring (bicyclic) bond motifs is 1. The molecule has 1 aliphatic rings. The molecule has 0 saturated carbocycles. The molecule has 2 aromatic carbocycles. The number of benzene rings is 2. The zero-order chi connectivity index (χ0) is 16.1. The monoisotopic (exact) mass is 311 g/mol. The quantitative estimate of drug-likeness (QED) is 0.892. The number of carbonyl (C=O) groups excluding carboxylic acids is 1. The fourth-order valence-corrected chi connectivity index (χ4v) is 2.87. The Labute approximate surface area is 136 Å².